The smallest absolute Gasteiger partial charge is 0.311 e. The van der Waals surface area contributed by atoms with E-state index >= 15 is 0 Å². The summed E-state index contributed by atoms with van der Waals surface area (Å²) in [5.74, 6) is -1.66. The summed E-state index contributed by atoms with van der Waals surface area (Å²) in [6.07, 6.45) is 0.990. The van der Waals surface area contributed by atoms with Crippen LogP contribution in [0.15, 0.2) is 66.7 Å². The van der Waals surface area contributed by atoms with E-state index in [2.05, 4.69) is 12.2 Å². The molecular weight excluding hydrogens is 392 g/mol. The molecule has 31 heavy (non-hydrogen) atoms. The van der Waals surface area contributed by atoms with Gasteiger partial charge in [-0.3, -0.25) is 14.4 Å². The molecule has 0 aliphatic carbocycles. The molecule has 0 bridgehead atoms. The maximum Gasteiger partial charge on any atom is 0.311 e. The Kier molecular flexibility index (Phi) is 5.98. The summed E-state index contributed by atoms with van der Waals surface area (Å²) in [6, 6.07) is 21.1. The summed E-state index contributed by atoms with van der Waals surface area (Å²) in [4.78, 5) is 38.8. The largest absolute Gasteiger partial charge is 0.455 e. The van der Waals surface area contributed by atoms with Gasteiger partial charge in [0.2, 0.25) is 5.91 Å². The molecule has 1 heterocycles. The van der Waals surface area contributed by atoms with Gasteiger partial charge in [-0.2, -0.15) is 0 Å². The lowest BCUT2D eigenvalue weighted by molar-refractivity contribution is -0.151. The Labute approximate surface area is 180 Å². The van der Waals surface area contributed by atoms with E-state index < -0.39 is 17.8 Å². The van der Waals surface area contributed by atoms with E-state index in [0.717, 1.165) is 22.9 Å². The van der Waals surface area contributed by atoms with Crippen LogP contribution in [0.4, 0.5) is 11.4 Å². The molecule has 1 N–H and O–H groups in total. The second-order valence-corrected chi connectivity index (χ2v) is 7.61. The lowest BCUT2D eigenvalue weighted by atomic mass is 10.1. The van der Waals surface area contributed by atoms with Crippen LogP contribution in [0, 0.1) is 5.92 Å². The average Bonchev–Trinajstić information content (AvgIpc) is 3.19. The highest BCUT2D eigenvalue weighted by Crippen LogP contribution is 2.32. The Morgan fingerprint density at radius 3 is 2.55 bits per heavy atom. The van der Waals surface area contributed by atoms with Gasteiger partial charge in [-0.25, -0.2) is 0 Å². The molecule has 0 aromatic heterocycles. The van der Waals surface area contributed by atoms with Crippen molar-refractivity contribution in [2.45, 2.75) is 19.8 Å². The van der Waals surface area contributed by atoms with Gasteiger partial charge >= 0.3 is 5.97 Å². The lowest BCUT2D eigenvalue weighted by Gasteiger charge is -2.18. The van der Waals surface area contributed by atoms with Gasteiger partial charge in [0.1, 0.15) is 0 Å². The molecule has 0 unspecified atom stereocenters. The van der Waals surface area contributed by atoms with Crippen molar-refractivity contribution in [2.24, 2.45) is 5.92 Å². The van der Waals surface area contributed by atoms with E-state index in [1.807, 2.05) is 66.7 Å². The van der Waals surface area contributed by atoms with E-state index in [1.165, 1.54) is 5.56 Å². The first-order chi connectivity index (χ1) is 15.0. The fourth-order valence-corrected chi connectivity index (χ4v) is 3.82. The highest BCUT2D eigenvalue weighted by atomic mass is 16.5. The van der Waals surface area contributed by atoms with Crippen LogP contribution in [-0.2, 0) is 25.5 Å². The number of hydrogen-bond donors (Lipinski definition) is 1. The van der Waals surface area contributed by atoms with Crippen LogP contribution in [-0.4, -0.2) is 30.9 Å². The van der Waals surface area contributed by atoms with Crippen LogP contribution in [0.2, 0.25) is 0 Å². The van der Waals surface area contributed by atoms with Gasteiger partial charge in [-0.1, -0.05) is 55.5 Å². The number of rotatable bonds is 6. The number of anilines is 2. The van der Waals surface area contributed by atoms with Gasteiger partial charge in [-0.15, -0.1) is 0 Å². The van der Waals surface area contributed by atoms with E-state index in [0.29, 0.717) is 5.69 Å². The summed E-state index contributed by atoms with van der Waals surface area (Å²) < 4.78 is 5.20. The van der Waals surface area contributed by atoms with E-state index in [4.69, 9.17) is 4.74 Å². The molecule has 0 radical (unpaired) electrons. The summed E-state index contributed by atoms with van der Waals surface area (Å²) >= 11 is 0. The van der Waals surface area contributed by atoms with E-state index in [-0.39, 0.29) is 25.5 Å². The van der Waals surface area contributed by atoms with Gasteiger partial charge in [0.05, 0.1) is 11.6 Å². The molecule has 0 saturated carbocycles. The van der Waals surface area contributed by atoms with Crippen molar-refractivity contribution in [3.63, 3.8) is 0 Å². The number of carbonyl (C=O) groups excluding carboxylic acids is 3. The number of esters is 1. The van der Waals surface area contributed by atoms with Crippen molar-refractivity contribution in [3.8, 4) is 0 Å². The van der Waals surface area contributed by atoms with Gasteiger partial charge in [0.25, 0.3) is 5.91 Å². The monoisotopic (exact) mass is 416 g/mol. The molecule has 1 aliphatic heterocycles. The normalized spacial score (nSPS) is 15.8. The van der Waals surface area contributed by atoms with Gasteiger partial charge in [0, 0.05) is 24.0 Å². The Morgan fingerprint density at radius 2 is 1.77 bits per heavy atom. The number of ether oxygens (including phenoxy) is 1. The van der Waals surface area contributed by atoms with Crippen molar-refractivity contribution in [3.05, 3.63) is 72.3 Å². The lowest BCUT2D eigenvalue weighted by Crippen LogP contribution is -2.28. The van der Waals surface area contributed by atoms with Crippen molar-refractivity contribution >= 4 is 39.9 Å². The Morgan fingerprint density at radius 1 is 1.03 bits per heavy atom. The SMILES string of the molecule is CCc1ccc(NC(=O)COC(=O)[C@@H]2CC(=O)N(c3cccc4ccccc34)C2)cc1. The molecule has 3 aromatic rings. The Hall–Kier alpha value is -3.67. The molecule has 1 aliphatic rings. The molecule has 3 aromatic carbocycles. The third-order valence-electron chi connectivity index (χ3n) is 5.51. The van der Waals surface area contributed by atoms with Crippen molar-refractivity contribution in [1.82, 2.24) is 0 Å². The Bertz CT molecular complexity index is 1120. The first-order valence-corrected chi connectivity index (χ1v) is 10.4. The second-order valence-electron chi connectivity index (χ2n) is 7.61. The topological polar surface area (TPSA) is 75.7 Å². The van der Waals surface area contributed by atoms with E-state index in [9.17, 15) is 14.4 Å². The minimum Gasteiger partial charge on any atom is -0.455 e. The molecule has 0 spiro atoms. The molecule has 4 rings (SSSR count). The molecule has 158 valence electrons. The first kappa shape index (κ1) is 20.6. The summed E-state index contributed by atoms with van der Waals surface area (Å²) in [6.45, 7) is 1.92. The van der Waals surface area contributed by atoms with Crippen molar-refractivity contribution < 1.29 is 19.1 Å². The van der Waals surface area contributed by atoms with Crippen LogP contribution in [0.3, 0.4) is 0 Å². The summed E-state index contributed by atoms with van der Waals surface area (Å²) in [7, 11) is 0. The molecule has 6 nitrogen and oxygen atoms in total. The zero-order valence-corrected chi connectivity index (χ0v) is 17.3. The van der Waals surface area contributed by atoms with Gasteiger partial charge in [0.15, 0.2) is 6.61 Å². The molecule has 1 saturated heterocycles. The highest BCUT2D eigenvalue weighted by molar-refractivity contribution is 6.06. The number of carbonyl (C=O) groups is 3. The molecule has 2 amide bonds. The summed E-state index contributed by atoms with van der Waals surface area (Å²) in [5.41, 5.74) is 2.61. The van der Waals surface area contributed by atoms with Crippen LogP contribution in [0.5, 0.6) is 0 Å². The molecule has 1 atom stereocenters. The first-order valence-electron chi connectivity index (χ1n) is 10.4. The zero-order valence-electron chi connectivity index (χ0n) is 17.3. The van der Waals surface area contributed by atoms with Gasteiger partial charge in [-0.05, 0) is 35.6 Å². The van der Waals surface area contributed by atoms with Crippen LogP contribution < -0.4 is 10.2 Å². The number of aryl methyl sites for hydroxylation is 1. The maximum absolute atomic E-state index is 12.6. The standard InChI is InChI=1S/C25H24N2O4/c1-2-17-10-12-20(13-11-17)26-23(28)16-31-25(30)19-14-24(29)27(15-19)22-9-5-7-18-6-3-4-8-21(18)22/h3-13,19H,2,14-16H2,1H3,(H,26,28)/t19-/m1/s1. The fraction of sp³-hybridized carbons (Fsp3) is 0.240. The molecular formula is C25H24N2O4. The number of hydrogen-bond acceptors (Lipinski definition) is 4. The predicted octanol–water partition coefficient (Wildman–Crippen LogP) is 3.94. The fourth-order valence-electron chi connectivity index (χ4n) is 3.82. The van der Waals surface area contributed by atoms with E-state index in [1.54, 1.807) is 4.90 Å². The third-order valence-corrected chi connectivity index (χ3v) is 5.51. The predicted molar refractivity (Wildman–Crippen MR) is 120 cm³/mol. The second kappa shape index (κ2) is 9.00. The number of fused-ring (bicyclic) bond motifs is 1. The van der Waals surface area contributed by atoms with Gasteiger partial charge < -0.3 is 15.0 Å². The average molecular weight is 416 g/mol. The summed E-state index contributed by atoms with van der Waals surface area (Å²) in [5, 5.41) is 4.70. The minimum atomic E-state index is -0.594. The zero-order chi connectivity index (χ0) is 21.8. The highest BCUT2D eigenvalue weighted by Gasteiger charge is 2.36. The van der Waals surface area contributed by atoms with Crippen LogP contribution in [0.1, 0.15) is 18.9 Å². The van der Waals surface area contributed by atoms with Crippen molar-refractivity contribution in [1.29, 1.82) is 0 Å². The Balaban J connectivity index is 1.35. The third kappa shape index (κ3) is 4.58. The van der Waals surface area contributed by atoms with Crippen LogP contribution >= 0.6 is 0 Å². The molecule has 1 fully saturated rings. The number of nitrogens with one attached hydrogen (secondary N) is 1. The quantitative estimate of drug-likeness (QED) is 0.618. The number of amides is 2. The van der Waals surface area contributed by atoms with Crippen molar-refractivity contribution in [2.75, 3.05) is 23.4 Å². The molecule has 6 heteroatoms. The minimum absolute atomic E-state index is 0.0716. The van der Waals surface area contributed by atoms with Crippen LogP contribution in [0.25, 0.3) is 10.8 Å². The number of benzene rings is 3. The number of nitrogens with zero attached hydrogens (tertiary/aromatic N) is 1. The maximum atomic E-state index is 12.6.